The first-order valence-electron chi connectivity index (χ1n) is 8.93. The first kappa shape index (κ1) is 25.4. The molecule has 0 bridgehead atoms. The summed E-state index contributed by atoms with van der Waals surface area (Å²) in [5, 5.41) is 5.99. The smallest absolute Gasteiger partial charge is 0.220 e. The lowest BCUT2D eigenvalue weighted by Gasteiger charge is -2.34. The van der Waals surface area contributed by atoms with Crippen LogP contribution in [0.2, 0.25) is 0 Å². The Labute approximate surface area is 175 Å². The number of amides is 1. The van der Waals surface area contributed by atoms with Gasteiger partial charge in [0.05, 0.1) is 6.26 Å². The van der Waals surface area contributed by atoms with E-state index in [0.717, 1.165) is 38.3 Å². The average Bonchev–Trinajstić information content (AvgIpc) is 2.58. The molecule has 8 nitrogen and oxygen atoms in total. The topological polar surface area (TPSA) is 94.1 Å². The van der Waals surface area contributed by atoms with E-state index in [1.807, 2.05) is 6.92 Å². The molecule has 0 aliphatic carbocycles. The Morgan fingerprint density at radius 2 is 1.92 bits per heavy atom. The van der Waals surface area contributed by atoms with Gasteiger partial charge in [-0.2, -0.15) is 0 Å². The normalized spacial score (nSPS) is 16.3. The van der Waals surface area contributed by atoms with Gasteiger partial charge in [0, 0.05) is 53.2 Å². The van der Waals surface area contributed by atoms with Gasteiger partial charge < -0.3 is 15.5 Å². The number of nitrogens with zero attached hydrogens (tertiary/aromatic N) is 3. The average molecular weight is 503 g/mol. The van der Waals surface area contributed by atoms with Crippen LogP contribution in [-0.4, -0.2) is 82.6 Å². The van der Waals surface area contributed by atoms with Crippen LogP contribution >= 0.6 is 24.0 Å². The van der Waals surface area contributed by atoms with E-state index in [0.29, 0.717) is 32.0 Å². The van der Waals surface area contributed by atoms with Crippen molar-refractivity contribution in [3.05, 3.63) is 0 Å². The van der Waals surface area contributed by atoms with Crippen molar-refractivity contribution in [1.29, 1.82) is 0 Å². The zero-order valence-corrected chi connectivity index (χ0v) is 19.5. The van der Waals surface area contributed by atoms with E-state index < -0.39 is 10.0 Å². The molecule has 10 heteroatoms. The third-order valence-corrected chi connectivity index (χ3v) is 5.95. The molecule has 1 aliphatic heterocycles. The quantitative estimate of drug-likeness (QED) is 0.220. The molecule has 1 heterocycles. The molecule has 0 unspecified atom stereocenters. The molecular weight excluding hydrogens is 469 g/mol. The van der Waals surface area contributed by atoms with Crippen LogP contribution in [-0.2, 0) is 14.8 Å². The predicted octanol–water partition coefficient (Wildman–Crippen LogP) is 0.700. The van der Waals surface area contributed by atoms with Gasteiger partial charge in [-0.05, 0) is 25.2 Å². The molecule has 0 atom stereocenters. The number of guanidine groups is 1. The van der Waals surface area contributed by atoms with E-state index in [2.05, 4.69) is 20.5 Å². The van der Waals surface area contributed by atoms with Crippen molar-refractivity contribution in [3.8, 4) is 0 Å². The summed E-state index contributed by atoms with van der Waals surface area (Å²) >= 11 is 0. The maximum atomic E-state index is 11.6. The van der Waals surface area contributed by atoms with Gasteiger partial charge in [-0.15, -0.1) is 24.0 Å². The second-order valence-electron chi connectivity index (χ2n) is 6.39. The summed E-state index contributed by atoms with van der Waals surface area (Å²) in [6, 6.07) is 0. The third kappa shape index (κ3) is 8.85. The number of carbonyl (C=O) groups excluding carboxylic acids is 1. The predicted molar refractivity (Wildman–Crippen MR) is 116 cm³/mol. The molecule has 26 heavy (non-hydrogen) atoms. The first-order chi connectivity index (χ1) is 11.8. The van der Waals surface area contributed by atoms with Gasteiger partial charge in [-0.25, -0.2) is 12.7 Å². The van der Waals surface area contributed by atoms with Gasteiger partial charge in [0.25, 0.3) is 0 Å². The third-order valence-electron chi connectivity index (χ3n) is 4.57. The van der Waals surface area contributed by atoms with Crippen LogP contribution < -0.4 is 10.6 Å². The maximum Gasteiger partial charge on any atom is 0.220 e. The number of piperidine rings is 1. The van der Waals surface area contributed by atoms with Gasteiger partial charge >= 0.3 is 0 Å². The number of hydrogen-bond donors (Lipinski definition) is 2. The highest BCUT2D eigenvalue weighted by Gasteiger charge is 2.23. The van der Waals surface area contributed by atoms with Crippen LogP contribution in [0.25, 0.3) is 0 Å². The van der Waals surface area contributed by atoms with Crippen LogP contribution in [0, 0.1) is 5.92 Å². The summed E-state index contributed by atoms with van der Waals surface area (Å²) in [5.74, 6) is 1.38. The Kier molecular flexibility index (Phi) is 12.4. The number of halogens is 1. The molecule has 0 aromatic rings. The van der Waals surface area contributed by atoms with E-state index >= 15 is 0 Å². The molecule has 2 N–H and O–H groups in total. The SMILES string of the molecule is CCN(CCCNC(=NC)N1CCC(CC(=O)NC)CC1)S(C)(=O)=O.I. The number of aliphatic imine (C=N–C) groups is 1. The first-order valence-corrected chi connectivity index (χ1v) is 10.8. The van der Waals surface area contributed by atoms with Gasteiger partial charge in [0.2, 0.25) is 15.9 Å². The van der Waals surface area contributed by atoms with E-state index in [1.54, 1.807) is 14.1 Å². The second-order valence-corrected chi connectivity index (χ2v) is 8.37. The fraction of sp³-hybridized carbons (Fsp3) is 0.875. The largest absolute Gasteiger partial charge is 0.359 e. The van der Waals surface area contributed by atoms with E-state index in [9.17, 15) is 13.2 Å². The fourth-order valence-electron chi connectivity index (χ4n) is 3.06. The number of rotatable bonds is 8. The highest BCUT2D eigenvalue weighted by Crippen LogP contribution is 2.20. The minimum atomic E-state index is -3.13. The summed E-state index contributed by atoms with van der Waals surface area (Å²) in [4.78, 5) is 18.0. The Hall–Kier alpha value is -0.620. The van der Waals surface area contributed by atoms with Crippen molar-refractivity contribution in [1.82, 2.24) is 19.8 Å². The van der Waals surface area contributed by atoms with Crippen LogP contribution in [0.5, 0.6) is 0 Å². The van der Waals surface area contributed by atoms with Gasteiger partial charge in [-0.3, -0.25) is 9.79 Å². The van der Waals surface area contributed by atoms with E-state index in [4.69, 9.17) is 0 Å². The standard InChI is InChI=1S/C16H33N5O3S.HI/c1-5-21(25(4,23)24)10-6-9-19-16(18-3)20-11-7-14(8-12-20)13-15(22)17-2;/h14H,5-13H2,1-4H3,(H,17,22)(H,18,19);1H. The van der Waals surface area contributed by atoms with Gasteiger partial charge in [0.1, 0.15) is 0 Å². The van der Waals surface area contributed by atoms with Crippen molar-refractivity contribution in [2.45, 2.75) is 32.6 Å². The monoisotopic (exact) mass is 503 g/mol. The van der Waals surface area contributed by atoms with Crippen molar-refractivity contribution in [2.75, 3.05) is 53.1 Å². The van der Waals surface area contributed by atoms with Crippen LogP contribution in [0.15, 0.2) is 4.99 Å². The molecular formula is C16H34IN5O3S. The second kappa shape index (κ2) is 12.7. The van der Waals surface area contributed by atoms with E-state index in [1.165, 1.54) is 10.6 Å². The molecule has 0 spiro atoms. The molecule has 1 fully saturated rings. The molecule has 0 saturated carbocycles. The lowest BCUT2D eigenvalue weighted by molar-refractivity contribution is -0.121. The number of likely N-dealkylation sites (tertiary alicyclic amines) is 1. The van der Waals surface area contributed by atoms with Crippen LogP contribution in [0.3, 0.4) is 0 Å². The molecule has 1 amide bonds. The van der Waals surface area contributed by atoms with Gasteiger partial charge in [-0.1, -0.05) is 6.92 Å². The zero-order chi connectivity index (χ0) is 18.9. The summed E-state index contributed by atoms with van der Waals surface area (Å²) < 4.78 is 24.6. The van der Waals surface area contributed by atoms with Crippen LogP contribution in [0.1, 0.15) is 32.6 Å². The number of sulfonamides is 1. The number of hydrogen-bond acceptors (Lipinski definition) is 4. The van der Waals surface area contributed by atoms with Crippen molar-refractivity contribution in [2.24, 2.45) is 10.9 Å². The summed E-state index contributed by atoms with van der Waals surface area (Å²) in [5.41, 5.74) is 0. The van der Waals surface area contributed by atoms with Crippen molar-refractivity contribution in [3.63, 3.8) is 0 Å². The Balaban J connectivity index is 0.00000625. The molecule has 0 aromatic carbocycles. The summed E-state index contributed by atoms with van der Waals surface area (Å²) in [6.45, 7) is 5.28. The lowest BCUT2D eigenvalue weighted by Crippen LogP contribution is -2.46. The summed E-state index contributed by atoms with van der Waals surface area (Å²) in [7, 11) is 0.303. The molecule has 154 valence electrons. The minimum Gasteiger partial charge on any atom is -0.359 e. The Morgan fingerprint density at radius 1 is 1.31 bits per heavy atom. The zero-order valence-electron chi connectivity index (χ0n) is 16.3. The lowest BCUT2D eigenvalue weighted by atomic mass is 9.93. The van der Waals surface area contributed by atoms with Crippen molar-refractivity contribution < 1.29 is 13.2 Å². The van der Waals surface area contributed by atoms with E-state index in [-0.39, 0.29) is 29.9 Å². The Bertz CT molecular complexity index is 548. The minimum absolute atomic E-state index is 0. The fourth-order valence-corrected chi connectivity index (χ4v) is 3.99. The number of carbonyl (C=O) groups is 1. The van der Waals surface area contributed by atoms with Crippen molar-refractivity contribution >= 4 is 45.9 Å². The molecule has 1 saturated heterocycles. The molecule has 1 rings (SSSR count). The van der Waals surface area contributed by atoms with Gasteiger partial charge in [0.15, 0.2) is 5.96 Å². The molecule has 0 aromatic heterocycles. The Morgan fingerprint density at radius 3 is 2.38 bits per heavy atom. The highest BCUT2D eigenvalue weighted by atomic mass is 127. The molecule has 0 radical (unpaired) electrons. The maximum absolute atomic E-state index is 11.6. The molecule has 1 aliphatic rings. The highest BCUT2D eigenvalue weighted by molar-refractivity contribution is 14.0. The van der Waals surface area contributed by atoms with Crippen LogP contribution in [0.4, 0.5) is 0 Å². The summed E-state index contributed by atoms with van der Waals surface area (Å²) in [6.07, 6.45) is 4.52. The number of nitrogens with one attached hydrogen (secondary N) is 2.